The summed E-state index contributed by atoms with van der Waals surface area (Å²) >= 11 is 0. The van der Waals surface area contributed by atoms with Crippen LogP contribution in [0.25, 0.3) is 0 Å². The largest absolute Gasteiger partial charge is 0.416 e. The monoisotopic (exact) mass is 479 g/mol. The number of hydrogen-bond donors (Lipinski definition) is 0. The summed E-state index contributed by atoms with van der Waals surface area (Å²) in [6, 6.07) is 13.1. The van der Waals surface area contributed by atoms with E-state index in [0.29, 0.717) is 11.3 Å². The molecule has 4 rings (SSSR count). The van der Waals surface area contributed by atoms with Crippen LogP contribution in [-0.2, 0) is 12.3 Å². The molecular weight excluding hydrogens is 443 g/mol. The van der Waals surface area contributed by atoms with Gasteiger partial charge in [0.25, 0.3) is 0 Å². The van der Waals surface area contributed by atoms with Crippen molar-refractivity contribution in [2.45, 2.75) is 101 Å². The lowest BCUT2D eigenvalue weighted by atomic mass is 10.2. The van der Waals surface area contributed by atoms with Crippen molar-refractivity contribution in [1.29, 1.82) is 0 Å². The van der Waals surface area contributed by atoms with E-state index in [-0.39, 0.29) is 5.82 Å². The summed E-state index contributed by atoms with van der Waals surface area (Å²) in [5.74, 6) is -0.235. The number of halogens is 4. The van der Waals surface area contributed by atoms with Crippen molar-refractivity contribution in [2.75, 3.05) is 0 Å². The van der Waals surface area contributed by atoms with Crippen molar-refractivity contribution in [3.8, 4) is 0 Å². The van der Waals surface area contributed by atoms with E-state index in [2.05, 4.69) is 0 Å². The summed E-state index contributed by atoms with van der Waals surface area (Å²) in [5.41, 5.74) is 1.67. The minimum Gasteiger partial charge on any atom is -0.207 e. The van der Waals surface area contributed by atoms with E-state index in [0.717, 1.165) is 11.7 Å². The molecule has 33 heavy (non-hydrogen) atoms. The Morgan fingerprint density at radius 1 is 0.636 bits per heavy atom. The summed E-state index contributed by atoms with van der Waals surface area (Å²) in [7, 11) is -1.85. The van der Waals surface area contributed by atoms with Crippen LogP contribution in [0, 0.1) is 5.82 Å². The fraction of sp³-hybridized carbons (Fsp3) is 0.571. The number of rotatable bonds is 5. The molecule has 0 bridgehead atoms. The van der Waals surface area contributed by atoms with Gasteiger partial charge in [-0.3, -0.25) is 0 Å². The highest BCUT2D eigenvalue weighted by molar-refractivity contribution is 7.83. The number of alkyl halides is 3. The van der Waals surface area contributed by atoms with E-state index in [4.69, 9.17) is 0 Å². The zero-order valence-corrected chi connectivity index (χ0v) is 20.3. The van der Waals surface area contributed by atoms with E-state index in [1.807, 2.05) is 24.3 Å². The Hall–Kier alpha value is -1.41. The molecule has 0 amide bonds. The molecule has 2 saturated carbocycles. The molecule has 0 aliphatic heterocycles. The first-order chi connectivity index (χ1) is 15.9. The first-order valence-electron chi connectivity index (χ1n) is 12.7. The van der Waals surface area contributed by atoms with Gasteiger partial charge in [-0.1, -0.05) is 37.8 Å². The lowest BCUT2D eigenvalue weighted by Crippen LogP contribution is -2.33. The highest BCUT2D eigenvalue weighted by Gasteiger charge is 2.53. The molecule has 5 heteroatoms. The predicted molar refractivity (Wildman–Crippen MR) is 131 cm³/mol. The van der Waals surface area contributed by atoms with Crippen molar-refractivity contribution in [1.82, 2.24) is 0 Å². The van der Waals surface area contributed by atoms with Crippen LogP contribution in [-0.4, -0.2) is 11.3 Å². The molecule has 180 valence electrons. The van der Waals surface area contributed by atoms with Gasteiger partial charge >= 0.3 is 6.18 Å². The topological polar surface area (TPSA) is 0 Å². The summed E-state index contributed by atoms with van der Waals surface area (Å²) in [5, 5.41) is 1.17. The maximum Gasteiger partial charge on any atom is 0.416 e. The molecule has 0 N–H and O–H groups in total. The molecular formula is C28H36F4P+. The number of hydrogen-bond acceptors (Lipinski definition) is 0. The Morgan fingerprint density at radius 2 is 1.09 bits per heavy atom. The van der Waals surface area contributed by atoms with Crippen LogP contribution < -0.4 is 5.30 Å². The zero-order valence-electron chi connectivity index (χ0n) is 19.4. The summed E-state index contributed by atoms with van der Waals surface area (Å²) < 4.78 is 53.9. The van der Waals surface area contributed by atoms with Crippen molar-refractivity contribution in [3.63, 3.8) is 0 Å². The molecule has 0 radical (unpaired) electrons. The quantitative estimate of drug-likeness (QED) is 0.228. The van der Waals surface area contributed by atoms with Gasteiger partial charge in [-0.15, -0.1) is 0 Å². The third-order valence-corrected chi connectivity index (χ3v) is 13.8. The second-order valence-electron chi connectivity index (χ2n) is 10.1. The van der Waals surface area contributed by atoms with Gasteiger partial charge in [0, 0.05) is 0 Å². The number of benzene rings is 2. The molecule has 2 aromatic rings. The van der Waals surface area contributed by atoms with Crippen molar-refractivity contribution in [3.05, 3.63) is 65.5 Å². The molecule has 2 aliphatic carbocycles. The normalized spacial score (nSPS) is 19.8. The molecule has 2 fully saturated rings. The van der Waals surface area contributed by atoms with Gasteiger partial charge in [0.2, 0.25) is 0 Å². The minimum absolute atomic E-state index is 0.235. The zero-order chi connectivity index (χ0) is 23.3. The lowest BCUT2D eigenvalue weighted by Gasteiger charge is -2.41. The van der Waals surface area contributed by atoms with Gasteiger partial charge < -0.3 is 0 Å². The summed E-state index contributed by atoms with van der Waals surface area (Å²) in [6.45, 7) is 0. The second kappa shape index (κ2) is 10.9. The Bertz CT molecular complexity index is 836. The minimum atomic E-state index is -4.32. The SMILES string of the molecule is Fc1ccc(C[P+](c2ccc(C(F)(F)F)cc2)(C2CCCCCC2)C2CCCCCC2)cc1. The molecule has 2 aromatic carbocycles. The first kappa shape index (κ1) is 24.7. The Kier molecular flexibility index (Phi) is 8.15. The van der Waals surface area contributed by atoms with Crippen LogP contribution in [0.4, 0.5) is 17.6 Å². The van der Waals surface area contributed by atoms with Crippen LogP contribution in [0.15, 0.2) is 48.5 Å². The third kappa shape index (κ3) is 5.81. The average Bonchev–Trinajstić information content (AvgIpc) is 3.25. The Labute approximate surface area is 196 Å². The van der Waals surface area contributed by atoms with Gasteiger partial charge in [-0.25, -0.2) is 4.39 Å². The lowest BCUT2D eigenvalue weighted by molar-refractivity contribution is -0.137. The molecule has 0 saturated heterocycles. The Balaban J connectivity index is 1.84. The predicted octanol–water partition coefficient (Wildman–Crippen LogP) is 9.13. The molecule has 0 heterocycles. The van der Waals surface area contributed by atoms with Gasteiger partial charge in [0.15, 0.2) is 0 Å². The van der Waals surface area contributed by atoms with Gasteiger partial charge in [0.05, 0.1) is 35.6 Å². The second-order valence-corrected chi connectivity index (χ2v) is 14.2. The maximum absolute atomic E-state index is 13.7. The van der Waals surface area contributed by atoms with E-state index in [9.17, 15) is 17.6 Å². The van der Waals surface area contributed by atoms with Crippen LogP contribution in [0.5, 0.6) is 0 Å². The molecule has 2 aliphatic rings. The van der Waals surface area contributed by atoms with Crippen molar-refractivity contribution in [2.24, 2.45) is 0 Å². The molecule has 0 nitrogen and oxygen atoms in total. The summed E-state index contributed by atoms with van der Waals surface area (Å²) in [6.07, 6.45) is 11.1. The van der Waals surface area contributed by atoms with Crippen LogP contribution in [0.3, 0.4) is 0 Å². The molecule has 0 unspecified atom stereocenters. The molecule has 0 spiro atoms. The van der Waals surface area contributed by atoms with E-state index < -0.39 is 19.0 Å². The first-order valence-corrected chi connectivity index (χ1v) is 14.8. The Morgan fingerprint density at radius 3 is 1.52 bits per heavy atom. The fourth-order valence-corrected chi connectivity index (χ4v) is 12.6. The molecule has 0 aromatic heterocycles. The van der Waals surface area contributed by atoms with Crippen LogP contribution in [0.1, 0.15) is 88.2 Å². The summed E-state index contributed by atoms with van der Waals surface area (Å²) in [4.78, 5) is 0. The standard InChI is InChI=1S/C28H36F4P/c29-24-17-13-22(14-18-24)21-33(25-9-5-1-2-6-10-25,26-11-7-3-4-8-12-26)27-19-15-23(16-20-27)28(30,31)32/h13-20,25-26H,1-12,21H2/q+1. The van der Waals surface area contributed by atoms with Crippen molar-refractivity contribution >= 4 is 12.6 Å². The molecule has 0 atom stereocenters. The van der Waals surface area contributed by atoms with E-state index in [1.54, 1.807) is 0 Å². The van der Waals surface area contributed by atoms with Gasteiger partial charge in [0.1, 0.15) is 5.82 Å². The fourth-order valence-electron chi connectivity index (χ4n) is 6.33. The van der Waals surface area contributed by atoms with Crippen molar-refractivity contribution < 1.29 is 17.6 Å². The van der Waals surface area contributed by atoms with Crippen LogP contribution >= 0.6 is 7.26 Å². The maximum atomic E-state index is 13.7. The average molecular weight is 480 g/mol. The van der Waals surface area contributed by atoms with E-state index in [1.165, 1.54) is 107 Å². The van der Waals surface area contributed by atoms with E-state index >= 15 is 0 Å². The van der Waals surface area contributed by atoms with Crippen LogP contribution in [0.2, 0.25) is 0 Å². The highest BCUT2D eigenvalue weighted by Crippen LogP contribution is 2.72. The smallest absolute Gasteiger partial charge is 0.207 e. The van der Waals surface area contributed by atoms with Gasteiger partial charge in [-0.05, 0) is 93.3 Å². The van der Waals surface area contributed by atoms with Gasteiger partial charge in [-0.2, -0.15) is 13.2 Å². The highest BCUT2D eigenvalue weighted by atomic mass is 31.2. The third-order valence-electron chi connectivity index (χ3n) is 7.99.